The third-order valence-electron chi connectivity index (χ3n) is 1.53. The number of carbonyl (C=O) groups excluding carboxylic acids is 1. The summed E-state index contributed by atoms with van der Waals surface area (Å²) in [7, 11) is 0. The molecular weight excluding hydrogens is 172 g/mol. The Bertz CT molecular complexity index is 374. The number of hydrogen-bond donors (Lipinski definition) is 2. The third kappa shape index (κ3) is 1.81. The summed E-state index contributed by atoms with van der Waals surface area (Å²) >= 11 is 0. The molecular formula is C8H8N2O3. The molecule has 5 heteroatoms. The predicted octanol–water partition coefficient (Wildman–Crippen LogP) is 0.565. The SMILES string of the molecule is CC(=O)c1cc(N)c(C(=O)O)cn1. The standard InChI is InChI=1S/C8H8N2O3/c1-4(11)7-2-6(9)5(3-10-7)8(12)13/h2-3H,1H3,(H2,9,10)(H,12,13). The van der Waals surface area contributed by atoms with Crippen molar-refractivity contribution in [2.24, 2.45) is 0 Å². The van der Waals surface area contributed by atoms with Gasteiger partial charge in [-0.25, -0.2) is 4.79 Å². The quantitative estimate of drug-likeness (QED) is 0.648. The lowest BCUT2D eigenvalue weighted by molar-refractivity contribution is 0.0697. The zero-order chi connectivity index (χ0) is 10.0. The number of nitrogens with zero attached hydrogens (tertiary/aromatic N) is 1. The van der Waals surface area contributed by atoms with Crippen LogP contribution in [-0.2, 0) is 0 Å². The lowest BCUT2D eigenvalue weighted by Crippen LogP contribution is -2.06. The van der Waals surface area contributed by atoms with E-state index in [2.05, 4.69) is 4.98 Å². The molecule has 1 rings (SSSR count). The number of carbonyl (C=O) groups is 2. The van der Waals surface area contributed by atoms with Crippen molar-refractivity contribution in [2.75, 3.05) is 5.73 Å². The van der Waals surface area contributed by atoms with Gasteiger partial charge in [-0.2, -0.15) is 0 Å². The summed E-state index contributed by atoms with van der Waals surface area (Å²) < 4.78 is 0. The number of Topliss-reactive ketones (excluding diaryl/α,β-unsaturated/α-hetero) is 1. The number of anilines is 1. The molecule has 0 unspecified atom stereocenters. The summed E-state index contributed by atoms with van der Waals surface area (Å²) in [4.78, 5) is 25.0. The maximum absolute atomic E-state index is 10.8. The van der Waals surface area contributed by atoms with Gasteiger partial charge in [0.25, 0.3) is 0 Å². The molecule has 1 aromatic rings. The van der Waals surface area contributed by atoms with E-state index in [1.807, 2.05) is 0 Å². The van der Waals surface area contributed by atoms with Crippen molar-refractivity contribution in [3.05, 3.63) is 23.5 Å². The maximum Gasteiger partial charge on any atom is 0.339 e. The number of nitrogen functional groups attached to an aromatic ring is 1. The van der Waals surface area contributed by atoms with Crippen molar-refractivity contribution in [3.63, 3.8) is 0 Å². The smallest absolute Gasteiger partial charge is 0.339 e. The molecule has 1 heterocycles. The largest absolute Gasteiger partial charge is 0.478 e. The zero-order valence-electron chi connectivity index (χ0n) is 6.94. The lowest BCUT2D eigenvalue weighted by atomic mass is 10.2. The third-order valence-corrected chi connectivity index (χ3v) is 1.53. The summed E-state index contributed by atoms with van der Waals surface area (Å²) in [5, 5.41) is 8.59. The first-order chi connectivity index (χ1) is 6.02. The van der Waals surface area contributed by atoms with Crippen molar-refractivity contribution < 1.29 is 14.7 Å². The van der Waals surface area contributed by atoms with Gasteiger partial charge < -0.3 is 10.8 Å². The van der Waals surface area contributed by atoms with Crippen molar-refractivity contribution in [1.29, 1.82) is 0 Å². The molecule has 5 nitrogen and oxygen atoms in total. The van der Waals surface area contributed by atoms with E-state index in [0.29, 0.717) is 0 Å². The van der Waals surface area contributed by atoms with Crippen LogP contribution in [0.2, 0.25) is 0 Å². The van der Waals surface area contributed by atoms with Crippen LogP contribution in [0.4, 0.5) is 5.69 Å². The van der Waals surface area contributed by atoms with Gasteiger partial charge in [-0.1, -0.05) is 0 Å². The molecule has 1 aromatic heterocycles. The molecule has 0 radical (unpaired) electrons. The Hall–Kier alpha value is -1.91. The minimum absolute atomic E-state index is 0.0488. The van der Waals surface area contributed by atoms with E-state index in [0.717, 1.165) is 6.20 Å². The zero-order valence-corrected chi connectivity index (χ0v) is 6.94. The summed E-state index contributed by atoms with van der Waals surface area (Å²) in [6, 6.07) is 1.26. The molecule has 0 spiro atoms. The molecule has 0 aliphatic heterocycles. The Morgan fingerprint density at radius 1 is 1.54 bits per heavy atom. The molecule has 68 valence electrons. The van der Waals surface area contributed by atoms with Crippen LogP contribution < -0.4 is 5.73 Å². The summed E-state index contributed by atoms with van der Waals surface area (Å²) in [5.74, 6) is -1.40. The Morgan fingerprint density at radius 3 is 2.54 bits per heavy atom. The minimum Gasteiger partial charge on any atom is -0.478 e. The second-order valence-electron chi connectivity index (χ2n) is 2.52. The average molecular weight is 180 g/mol. The van der Waals surface area contributed by atoms with Crippen LogP contribution in [0.15, 0.2) is 12.3 Å². The van der Waals surface area contributed by atoms with Crippen LogP contribution in [0.25, 0.3) is 0 Å². The molecule has 0 saturated heterocycles. The molecule has 0 atom stereocenters. The van der Waals surface area contributed by atoms with Gasteiger partial charge in [-0.05, 0) is 6.07 Å². The van der Waals surface area contributed by atoms with Gasteiger partial charge in [0.2, 0.25) is 0 Å². The molecule has 0 aliphatic carbocycles. The number of pyridine rings is 1. The monoisotopic (exact) mass is 180 g/mol. The van der Waals surface area contributed by atoms with E-state index in [1.165, 1.54) is 13.0 Å². The van der Waals surface area contributed by atoms with Crippen molar-refractivity contribution in [1.82, 2.24) is 4.98 Å². The van der Waals surface area contributed by atoms with E-state index in [4.69, 9.17) is 10.8 Å². The van der Waals surface area contributed by atoms with Gasteiger partial charge in [0.15, 0.2) is 5.78 Å². The Kier molecular flexibility index (Phi) is 2.27. The second kappa shape index (κ2) is 3.22. The topological polar surface area (TPSA) is 93.3 Å². The number of rotatable bonds is 2. The van der Waals surface area contributed by atoms with Gasteiger partial charge in [0.1, 0.15) is 11.3 Å². The maximum atomic E-state index is 10.8. The molecule has 0 bridgehead atoms. The van der Waals surface area contributed by atoms with Gasteiger partial charge in [-0.15, -0.1) is 0 Å². The molecule has 3 N–H and O–H groups in total. The first kappa shape index (κ1) is 9.18. The van der Waals surface area contributed by atoms with Crippen LogP contribution in [0.3, 0.4) is 0 Å². The highest BCUT2D eigenvalue weighted by molar-refractivity contribution is 5.97. The van der Waals surface area contributed by atoms with Gasteiger partial charge in [0.05, 0.1) is 0 Å². The number of hydrogen-bond acceptors (Lipinski definition) is 4. The Labute approximate surface area is 74.2 Å². The van der Waals surface area contributed by atoms with E-state index in [1.54, 1.807) is 0 Å². The van der Waals surface area contributed by atoms with Gasteiger partial charge in [-0.3, -0.25) is 9.78 Å². The van der Waals surface area contributed by atoms with Gasteiger partial charge in [0, 0.05) is 18.8 Å². The molecule has 0 aromatic carbocycles. The lowest BCUT2D eigenvalue weighted by Gasteiger charge is -2.00. The highest BCUT2D eigenvalue weighted by Gasteiger charge is 2.10. The van der Waals surface area contributed by atoms with Crippen LogP contribution in [0.1, 0.15) is 27.8 Å². The number of aromatic carboxylic acids is 1. The number of ketones is 1. The first-order valence-corrected chi connectivity index (χ1v) is 3.52. The van der Waals surface area contributed by atoms with Gasteiger partial charge >= 0.3 is 5.97 Å². The fraction of sp³-hybridized carbons (Fsp3) is 0.125. The van der Waals surface area contributed by atoms with Crippen molar-refractivity contribution in [3.8, 4) is 0 Å². The predicted molar refractivity (Wildman–Crippen MR) is 45.6 cm³/mol. The van der Waals surface area contributed by atoms with Crippen molar-refractivity contribution in [2.45, 2.75) is 6.92 Å². The number of aromatic nitrogens is 1. The van der Waals surface area contributed by atoms with Crippen molar-refractivity contribution >= 4 is 17.4 Å². The Morgan fingerprint density at radius 2 is 2.15 bits per heavy atom. The highest BCUT2D eigenvalue weighted by Crippen LogP contribution is 2.11. The number of carboxylic acid groups (broad SMARTS) is 1. The molecule has 0 fully saturated rings. The Balaban J connectivity index is 3.20. The average Bonchev–Trinajstić information content (AvgIpc) is 2.03. The molecule has 13 heavy (non-hydrogen) atoms. The van der Waals surface area contributed by atoms with Crippen LogP contribution in [0, 0.1) is 0 Å². The summed E-state index contributed by atoms with van der Waals surface area (Å²) in [5.41, 5.74) is 5.51. The second-order valence-corrected chi connectivity index (χ2v) is 2.52. The van der Waals surface area contributed by atoms with E-state index < -0.39 is 5.97 Å². The first-order valence-electron chi connectivity index (χ1n) is 3.52. The fourth-order valence-electron chi connectivity index (χ4n) is 0.842. The number of nitrogens with two attached hydrogens (primary N) is 1. The number of carboxylic acids is 1. The molecule has 0 amide bonds. The summed E-state index contributed by atoms with van der Waals surface area (Å²) in [6.07, 6.45) is 1.08. The minimum atomic E-state index is -1.15. The molecule has 0 saturated carbocycles. The summed E-state index contributed by atoms with van der Waals surface area (Å²) in [6.45, 7) is 1.34. The van der Waals surface area contributed by atoms with E-state index >= 15 is 0 Å². The normalized spacial score (nSPS) is 9.62. The molecule has 0 aliphatic rings. The van der Waals surface area contributed by atoms with E-state index in [9.17, 15) is 9.59 Å². The van der Waals surface area contributed by atoms with E-state index in [-0.39, 0.29) is 22.7 Å². The fourth-order valence-corrected chi connectivity index (χ4v) is 0.842. The van der Waals surface area contributed by atoms with Crippen LogP contribution in [-0.4, -0.2) is 21.8 Å². The van der Waals surface area contributed by atoms with Crippen LogP contribution in [0.5, 0.6) is 0 Å². The van der Waals surface area contributed by atoms with Crippen LogP contribution >= 0.6 is 0 Å². The highest BCUT2D eigenvalue weighted by atomic mass is 16.4.